The third-order valence-electron chi connectivity index (χ3n) is 4.38. The largest absolute Gasteiger partial charge is 0.335 e. The van der Waals surface area contributed by atoms with E-state index in [0.29, 0.717) is 17.3 Å². The van der Waals surface area contributed by atoms with E-state index in [1.165, 1.54) is 0 Å². The van der Waals surface area contributed by atoms with Crippen LogP contribution in [0.5, 0.6) is 0 Å². The van der Waals surface area contributed by atoms with Crippen LogP contribution in [0.1, 0.15) is 29.2 Å². The van der Waals surface area contributed by atoms with E-state index in [1.807, 2.05) is 50.4 Å². The maximum Gasteiger partial charge on any atom is 0.177 e. The van der Waals surface area contributed by atoms with Gasteiger partial charge < -0.3 is 4.57 Å². The van der Waals surface area contributed by atoms with E-state index < -0.39 is 6.17 Å². The van der Waals surface area contributed by atoms with Gasteiger partial charge in [0.1, 0.15) is 5.82 Å². The average molecular weight is 350 g/mol. The molecule has 0 bridgehead atoms. The van der Waals surface area contributed by atoms with Crippen molar-refractivity contribution in [3.63, 3.8) is 0 Å². The highest BCUT2D eigenvalue weighted by molar-refractivity contribution is 5.58. The van der Waals surface area contributed by atoms with Gasteiger partial charge in [-0.25, -0.2) is 18.9 Å². The first kappa shape index (κ1) is 16.4. The van der Waals surface area contributed by atoms with Gasteiger partial charge in [0.15, 0.2) is 17.6 Å². The molecule has 0 N–H and O–H groups in total. The van der Waals surface area contributed by atoms with Crippen molar-refractivity contribution in [3.05, 3.63) is 65.8 Å². The molecule has 4 rings (SSSR count). The van der Waals surface area contributed by atoms with E-state index in [1.54, 1.807) is 22.3 Å². The van der Waals surface area contributed by atoms with Crippen LogP contribution in [-0.4, -0.2) is 29.1 Å². The molecule has 0 saturated carbocycles. The van der Waals surface area contributed by atoms with Crippen LogP contribution in [0.3, 0.4) is 0 Å². The number of fused-ring (bicyclic) bond motifs is 1. The molecule has 132 valence electrons. The van der Waals surface area contributed by atoms with Gasteiger partial charge in [0.05, 0.1) is 17.1 Å². The van der Waals surface area contributed by atoms with Gasteiger partial charge in [0.25, 0.3) is 0 Å². The maximum absolute atomic E-state index is 15.0. The van der Waals surface area contributed by atoms with Gasteiger partial charge in [-0.15, -0.1) is 0 Å². The van der Waals surface area contributed by atoms with Gasteiger partial charge in [-0.3, -0.25) is 4.98 Å². The van der Waals surface area contributed by atoms with E-state index in [-0.39, 0.29) is 6.42 Å². The number of rotatable bonds is 4. The molecule has 0 unspecified atom stereocenters. The number of alkyl halides is 1. The maximum atomic E-state index is 15.0. The molecule has 3 aromatic heterocycles. The van der Waals surface area contributed by atoms with Crippen molar-refractivity contribution in [1.82, 2.24) is 29.1 Å². The fourth-order valence-corrected chi connectivity index (χ4v) is 3.00. The number of hydrogen-bond donors (Lipinski definition) is 0. The summed E-state index contributed by atoms with van der Waals surface area (Å²) in [6, 6.07) is 9.74. The van der Waals surface area contributed by atoms with Gasteiger partial charge in [0.2, 0.25) is 0 Å². The lowest BCUT2D eigenvalue weighted by molar-refractivity contribution is 0.314. The second-order valence-corrected chi connectivity index (χ2v) is 6.38. The predicted octanol–water partition coefficient (Wildman–Crippen LogP) is 3.39. The quantitative estimate of drug-likeness (QED) is 0.566. The fraction of sp³-hybridized carbons (Fsp3) is 0.263. The third-order valence-corrected chi connectivity index (χ3v) is 4.38. The normalized spacial score (nSPS) is 12.6. The molecule has 0 aliphatic rings. The molecule has 4 aromatic rings. The van der Waals surface area contributed by atoms with Crippen LogP contribution in [0.15, 0.2) is 42.7 Å². The van der Waals surface area contributed by atoms with Crippen molar-refractivity contribution in [3.8, 4) is 11.3 Å². The minimum atomic E-state index is -1.29. The Morgan fingerprint density at radius 3 is 2.62 bits per heavy atom. The van der Waals surface area contributed by atoms with Gasteiger partial charge in [-0.1, -0.05) is 30.3 Å². The first-order valence-electron chi connectivity index (χ1n) is 8.43. The molecule has 0 aliphatic heterocycles. The molecule has 0 radical (unpaired) electrons. The van der Waals surface area contributed by atoms with Gasteiger partial charge in [-0.05, 0) is 13.8 Å². The molecule has 0 aliphatic carbocycles. The van der Waals surface area contributed by atoms with Crippen molar-refractivity contribution in [2.75, 3.05) is 0 Å². The smallest absolute Gasteiger partial charge is 0.177 e. The minimum Gasteiger partial charge on any atom is -0.335 e. The molecule has 0 fully saturated rings. The van der Waals surface area contributed by atoms with Crippen molar-refractivity contribution < 1.29 is 4.39 Å². The van der Waals surface area contributed by atoms with Crippen LogP contribution < -0.4 is 0 Å². The number of hydrogen-bond acceptors (Lipinski definition) is 4. The Morgan fingerprint density at radius 2 is 1.88 bits per heavy atom. The summed E-state index contributed by atoms with van der Waals surface area (Å²) >= 11 is 0. The summed E-state index contributed by atoms with van der Waals surface area (Å²) in [5.41, 5.74) is 4.02. The van der Waals surface area contributed by atoms with Crippen LogP contribution in [0, 0.1) is 13.8 Å². The third kappa shape index (κ3) is 2.85. The molecule has 0 saturated heterocycles. The molecular weight excluding hydrogens is 331 g/mol. The highest BCUT2D eigenvalue weighted by Gasteiger charge is 2.21. The van der Waals surface area contributed by atoms with E-state index in [9.17, 15) is 4.39 Å². The van der Waals surface area contributed by atoms with E-state index in [0.717, 1.165) is 22.6 Å². The lowest BCUT2D eigenvalue weighted by atomic mass is 10.2. The van der Waals surface area contributed by atoms with Gasteiger partial charge >= 0.3 is 0 Å². The zero-order chi connectivity index (χ0) is 18.3. The highest BCUT2D eigenvalue weighted by Crippen LogP contribution is 2.25. The molecular formula is C19H19FN6. The van der Waals surface area contributed by atoms with Crippen LogP contribution in [0.2, 0.25) is 0 Å². The Labute approximate surface area is 150 Å². The number of aromatic nitrogens is 6. The number of nitrogens with zero attached hydrogens (tertiary/aromatic N) is 6. The minimum absolute atomic E-state index is 0.0691. The number of halogens is 1. The van der Waals surface area contributed by atoms with Gasteiger partial charge in [0, 0.05) is 31.4 Å². The van der Waals surface area contributed by atoms with E-state index >= 15 is 0 Å². The Kier molecular flexibility index (Phi) is 3.99. The summed E-state index contributed by atoms with van der Waals surface area (Å²) in [7, 11) is 1.80. The fourth-order valence-electron chi connectivity index (χ4n) is 3.00. The zero-order valence-corrected chi connectivity index (χ0v) is 14.9. The molecule has 6 nitrogen and oxygen atoms in total. The standard InChI is InChI=1S/C19H19FN6/c1-12-10-21-13(2)18-23-17(24-26(12)18)9-15(20)19-22-16(11-25(19)3)14-7-5-4-6-8-14/h4-8,10-11,15H,9H2,1-3H3/t15-/m0/s1. The SMILES string of the molecule is Cc1ncc(C)n2nc(C[C@H](F)c3nc(-c4ccccc4)cn3C)nc12. The lowest BCUT2D eigenvalue weighted by Gasteiger charge is -2.05. The van der Waals surface area contributed by atoms with Crippen LogP contribution in [0.25, 0.3) is 16.9 Å². The molecule has 7 heteroatoms. The summed E-state index contributed by atoms with van der Waals surface area (Å²) in [4.78, 5) is 13.2. The second kappa shape index (κ2) is 6.33. The Bertz CT molecular complexity index is 1030. The zero-order valence-electron chi connectivity index (χ0n) is 14.9. The van der Waals surface area contributed by atoms with Gasteiger partial charge in [-0.2, -0.15) is 5.10 Å². The first-order valence-corrected chi connectivity index (χ1v) is 8.43. The topological polar surface area (TPSA) is 60.9 Å². The summed E-state index contributed by atoms with van der Waals surface area (Å²) in [6.45, 7) is 3.76. The molecule has 1 aromatic carbocycles. The summed E-state index contributed by atoms with van der Waals surface area (Å²) in [6.07, 6.45) is 2.36. The van der Waals surface area contributed by atoms with Crippen LogP contribution >= 0.6 is 0 Å². The lowest BCUT2D eigenvalue weighted by Crippen LogP contribution is -2.06. The van der Waals surface area contributed by atoms with E-state index in [4.69, 9.17) is 0 Å². The average Bonchev–Trinajstić information content (AvgIpc) is 3.23. The second-order valence-electron chi connectivity index (χ2n) is 6.38. The highest BCUT2D eigenvalue weighted by atomic mass is 19.1. The summed E-state index contributed by atoms with van der Waals surface area (Å²) < 4.78 is 18.4. The Morgan fingerprint density at radius 1 is 1.12 bits per heavy atom. The molecule has 0 amide bonds. The predicted molar refractivity (Wildman–Crippen MR) is 96.5 cm³/mol. The molecule has 0 spiro atoms. The summed E-state index contributed by atoms with van der Waals surface area (Å²) in [5, 5.41) is 4.42. The first-order chi connectivity index (χ1) is 12.5. The van der Waals surface area contributed by atoms with Crippen molar-refractivity contribution in [2.45, 2.75) is 26.4 Å². The Hall–Kier alpha value is -3.09. The monoisotopic (exact) mass is 350 g/mol. The van der Waals surface area contributed by atoms with Crippen molar-refractivity contribution in [1.29, 1.82) is 0 Å². The van der Waals surface area contributed by atoms with Crippen molar-refractivity contribution >= 4 is 5.65 Å². The molecule has 26 heavy (non-hydrogen) atoms. The van der Waals surface area contributed by atoms with Crippen LogP contribution in [0.4, 0.5) is 4.39 Å². The molecule has 1 atom stereocenters. The number of benzene rings is 1. The molecule has 3 heterocycles. The van der Waals surface area contributed by atoms with E-state index in [2.05, 4.69) is 20.1 Å². The number of imidazole rings is 1. The number of aryl methyl sites for hydroxylation is 3. The Balaban J connectivity index is 1.63. The summed E-state index contributed by atoms with van der Waals surface area (Å²) in [5.74, 6) is 0.815. The van der Waals surface area contributed by atoms with Crippen molar-refractivity contribution in [2.24, 2.45) is 7.05 Å². The van der Waals surface area contributed by atoms with Crippen LogP contribution in [-0.2, 0) is 13.5 Å².